The largest absolute Gasteiger partial charge is 3.00 e. The van der Waals surface area contributed by atoms with E-state index in [0.717, 1.165) is 0 Å². The number of nitrogens with zero attached hydrogens (tertiary/aromatic N) is 9. The minimum atomic E-state index is 0. The first kappa shape index (κ1) is 23.0. The van der Waals surface area contributed by atoms with E-state index in [1.165, 1.54) is 14.7 Å². The van der Waals surface area contributed by atoms with E-state index in [2.05, 4.69) is 0 Å². The van der Waals surface area contributed by atoms with Crippen LogP contribution in [-0.4, -0.2) is 0 Å². The number of rotatable bonds is 0. The first-order valence-electron chi connectivity index (χ1n) is 1.20. The van der Waals surface area contributed by atoms with Crippen molar-refractivity contribution in [2.75, 3.05) is 0 Å². The van der Waals surface area contributed by atoms with Crippen LogP contribution in [-0.2, 0) is 32.7 Å². The Balaban J connectivity index is -0.0000000257. The molecule has 9 nitrogen and oxygen atoms in total. The van der Waals surface area contributed by atoms with Gasteiger partial charge in [0.25, 0.3) is 0 Å². The van der Waals surface area contributed by atoms with E-state index in [9.17, 15) is 0 Å². The molecule has 0 aliphatic heterocycles. The predicted octanol–water partition coefficient (Wildman–Crippen LogP) is 2.60. The van der Waals surface area contributed by atoms with E-state index in [1.807, 2.05) is 0 Å². The third kappa shape index (κ3) is 274. The summed E-state index contributed by atoms with van der Waals surface area (Å²) in [7, 11) is 0. The molecule has 0 saturated carbocycles. The summed E-state index contributed by atoms with van der Waals surface area (Å²) in [5.41, 5.74) is 40.5. The molecule has 0 aliphatic rings. The third-order valence-electron chi connectivity index (χ3n) is 0. The fourth-order valence-electron chi connectivity index (χ4n) is 0. The maximum atomic E-state index is 6.75. The quantitative estimate of drug-likeness (QED) is 0.327. The summed E-state index contributed by atoms with van der Waals surface area (Å²) < 4.78 is 0. The molecule has 0 radical (unpaired) electrons. The Morgan fingerprint density at radius 3 is 0.500 bits per heavy atom. The van der Waals surface area contributed by atoms with Gasteiger partial charge in [-0.15, -0.1) is 0 Å². The molecule has 0 heterocycles. The summed E-state index contributed by atoms with van der Waals surface area (Å²) in [6, 6.07) is 0. The number of hydrogen-bond acceptors (Lipinski definition) is 0. The van der Waals surface area contributed by atoms with Crippen molar-refractivity contribution in [3.63, 3.8) is 0 Å². The average molecular weight is 215 g/mol. The zero-order valence-corrected chi connectivity index (χ0v) is 7.44. The molecule has 0 atom stereocenters. The van der Waals surface area contributed by atoms with Gasteiger partial charge < -0.3 is 33.2 Å². The summed E-state index contributed by atoms with van der Waals surface area (Å²) in [5.74, 6) is 0. The van der Waals surface area contributed by atoms with E-state index < -0.39 is 0 Å². The van der Waals surface area contributed by atoms with Gasteiger partial charge in [0.2, 0.25) is 0 Å². The van der Waals surface area contributed by atoms with Crippen molar-refractivity contribution in [2.45, 2.75) is 0 Å². The number of hydrogen-bond donors (Lipinski definition) is 0. The van der Waals surface area contributed by atoms with Crippen LogP contribution in [0, 0.1) is 0 Å². The minimum absolute atomic E-state index is 0. The Kier molecular flexibility index (Phi) is 221. The molecular formula is N9Y. The van der Waals surface area contributed by atoms with Gasteiger partial charge in [-0.3, -0.25) is 14.7 Å². The Bertz CT molecular complexity index is 96.3. The van der Waals surface area contributed by atoms with Crippen LogP contribution in [0.25, 0.3) is 47.9 Å². The molecule has 0 spiro atoms. The molecule has 10 heavy (non-hydrogen) atoms. The maximum absolute atomic E-state index is 6.75. The van der Waals surface area contributed by atoms with Crippen molar-refractivity contribution in [3.8, 4) is 0 Å². The maximum Gasteiger partial charge on any atom is 3.00 e. The van der Waals surface area contributed by atoms with E-state index >= 15 is 0 Å². The van der Waals surface area contributed by atoms with Crippen LogP contribution in [0.1, 0.15) is 0 Å². The molecule has 0 unspecified atom stereocenters. The summed E-state index contributed by atoms with van der Waals surface area (Å²) in [6.07, 6.45) is 0. The van der Waals surface area contributed by atoms with Crippen LogP contribution in [0.2, 0.25) is 0 Å². The van der Waals surface area contributed by atoms with Gasteiger partial charge >= 0.3 is 32.7 Å². The molecular weight excluding hydrogens is 215 g/mol. The van der Waals surface area contributed by atoms with Gasteiger partial charge in [-0.05, 0) is 0 Å². The normalized spacial score (nSPS) is 2.40. The molecule has 0 aliphatic carbocycles. The van der Waals surface area contributed by atoms with Crippen molar-refractivity contribution in [1.29, 1.82) is 0 Å². The predicted molar refractivity (Wildman–Crippen MR) is 30.2 cm³/mol. The van der Waals surface area contributed by atoms with Gasteiger partial charge in [0.05, 0.1) is 0 Å². The van der Waals surface area contributed by atoms with Gasteiger partial charge in [0.1, 0.15) is 0 Å². The standard InChI is InChI=1S/3N3.Y/c3*1-3-2;/q3*-1;+3. The SMILES string of the molecule is [N-]=[N+]=[N-].[N-]=[N+]=[N-].[N-]=[N+]=[N-].[Y+3]. The Labute approximate surface area is 80.5 Å². The fourth-order valence-corrected chi connectivity index (χ4v) is 0. The van der Waals surface area contributed by atoms with Gasteiger partial charge in [-0.2, -0.15) is 0 Å². The van der Waals surface area contributed by atoms with Crippen LogP contribution in [0.5, 0.6) is 0 Å². The minimum Gasteiger partial charge on any atom is -0.373 e. The smallest absolute Gasteiger partial charge is 0.373 e. The third-order valence-corrected chi connectivity index (χ3v) is 0. The second-order valence-electron chi connectivity index (χ2n) is 0.268. The van der Waals surface area contributed by atoms with Crippen molar-refractivity contribution >= 4 is 0 Å². The van der Waals surface area contributed by atoms with E-state index in [-0.39, 0.29) is 32.7 Å². The van der Waals surface area contributed by atoms with E-state index in [1.54, 1.807) is 0 Å². The molecule has 0 amide bonds. The second-order valence-corrected chi connectivity index (χ2v) is 0.268. The molecule has 48 valence electrons. The van der Waals surface area contributed by atoms with Gasteiger partial charge in [-0.1, -0.05) is 0 Å². The second kappa shape index (κ2) is 96.1. The van der Waals surface area contributed by atoms with Crippen LogP contribution in [0.3, 0.4) is 0 Å². The summed E-state index contributed by atoms with van der Waals surface area (Å²) >= 11 is 0. The van der Waals surface area contributed by atoms with Gasteiger partial charge in [-0.25, -0.2) is 0 Å². The molecule has 0 aromatic carbocycles. The summed E-state index contributed by atoms with van der Waals surface area (Å²) in [4.78, 5) is 4.50. The zero-order chi connectivity index (χ0) is 8.12. The average Bonchev–Trinajstić information content (AvgIpc) is 1.70. The van der Waals surface area contributed by atoms with Crippen molar-refractivity contribution in [3.05, 3.63) is 47.9 Å². The van der Waals surface area contributed by atoms with Crippen LogP contribution in [0.4, 0.5) is 0 Å². The molecule has 0 aromatic rings. The first-order valence-corrected chi connectivity index (χ1v) is 1.20. The molecule has 0 bridgehead atoms. The summed E-state index contributed by atoms with van der Waals surface area (Å²) in [5, 5.41) is 0. The van der Waals surface area contributed by atoms with Gasteiger partial charge in [0.15, 0.2) is 0 Å². The van der Waals surface area contributed by atoms with Crippen molar-refractivity contribution in [2.24, 2.45) is 0 Å². The molecule has 0 aromatic heterocycles. The molecule has 0 saturated heterocycles. The fraction of sp³-hybridized carbons (Fsp3) is 0. The zero-order valence-electron chi connectivity index (χ0n) is 4.60. The van der Waals surface area contributed by atoms with Gasteiger partial charge in [0, 0.05) is 0 Å². The van der Waals surface area contributed by atoms with Crippen molar-refractivity contribution < 1.29 is 32.7 Å². The Hall–Kier alpha value is -0.966. The first-order chi connectivity index (χ1) is 4.24. The van der Waals surface area contributed by atoms with Crippen molar-refractivity contribution in [1.82, 2.24) is 0 Å². The molecule has 0 N–H and O–H groups in total. The van der Waals surface area contributed by atoms with Crippen LogP contribution >= 0.6 is 0 Å². The van der Waals surface area contributed by atoms with E-state index in [4.69, 9.17) is 33.2 Å². The van der Waals surface area contributed by atoms with E-state index in [0.29, 0.717) is 0 Å². The Morgan fingerprint density at radius 1 is 0.500 bits per heavy atom. The topological polar surface area (TPSA) is 176 Å². The molecule has 0 fully saturated rings. The molecule has 0 rings (SSSR count). The monoisotopic (exact) mass is 215 g/mol. The molecule has 10 heteroatoms. The summed E-state index contributed by atoms with van der Waals surface area (Å²) in [6.45, 7) is 0. The van der Waals surface area contributed by atoms with Crippen LogP contribution < -0.4 is 0 Å². The Morgan fingerprint density at radius 2 is 0.500 bits per heavy atom. The van der Waals surface area contributed by atoms with Crippen LogP contribution in [0.15, 0.2) is 0 Å².